The van der Waals surface area contributed by atoms with E-state index in [4.69, 9.17) is 17.3 Å². The third-order valence-corrected chi connectivity index (χ3v) is 5.57. The second-order valence-electron chi connectivity index (χ2n) is 6.11. The van der Waals surface area contributed by atoms with Gasteiger partial charge in [-0.1, -0.05) is 17.7 Å². The number of anilines is 2. The average Bonchev–Trinajstić information content (AvgIpc) is 3.33. The molecule has 0 aliphatic heterocycles. The molecular formula is C19H16ClN3OS. The van der Waals surface area contributed by atoms with E-state index >= 15 is 0 Å². The first-order valence-electron chi connectivity index (χ1n) is 8.03. The summed E-state index contributed by atoms with van der Waals surface area (Å²) in [7, 11) is 0. The number of aromatic nitrogens is 1. The van der Waals surface area contributed by atoms with Crippen LogP contribution in [0.1, 0.15) is 33.3 Å². The van der Waals surface area contributed by atoms with Gasteiger partial charge in [0.2, 0.25) is 0 Å². The Hall–Kier alpha value is -2.37. The molecular weight excluding hydrogens is 354 g/mol. The Morgan fingerprint density at radius 2 is 2.08 bits per heavy atom. The number of nitrogens with two attached hydrogens (primary N) is 1. The quantitative estimate of drug-likeness (QED) is 0.623. The molecule has 1 aromatic carbocycles. The first-order chi connectivity index (χ1) is 12.1. The summed E-state index contributed by atoms with van der Waals surface area (Å²) in [6, 6.07) is 12.8. The molecule has 0 bridgehead atoms. The summed E-state index contributed by atoms with van der Waals surface area (Å²) in [5.74, 6) is 0.390. The second kappa shape index (κ2) is 6.50. The molecule has 1 amide bonds. The monoisotopic (exact) mass is 369 g/mol. The van der Waals surface area contributed by atoms with Crippen LogP contribution in [0.4, 0.5) is 11.4 Å². The third-order valence-electron chi connectivity index (χ3n) is 4.05. The summed E-state index contributed by atoms with van der Waals surface area (Å²) >= 11 is 7.55. The van der Waals surface area contributed by atoms with Crippen LogP contribution in [0.5, 0.6) is 0 Å². The number of amides is 1. The van der Waals surface area contributed by atoms with Crippen LogP contribution in [0.25, 0.3) is 11.3 Å². The van der Waals surface area contributed by atoms with Gasteiger partial charge in [0.15, 0.2) is 0 Å². The minimum atomic E-state index is -0.157. The number of hydrogen-bond donors (Lipinski definition) is 2. The molecule has 0 atom stereocenters. The van der Waals surface area contributed by atoms with Gasteiger partial charge in [0, 0.05) is 33.0 Å². The van der Waals surface area contributed by atoms with Crippen LogP contribution in [0.3, 0.4) is 0 Å². The number of carbonyl (C=O) groups excluding carboxylic acids is 1. The van der Waals surface area contributed by atoms with Crippen LogP contribution in [0.15, 0.2) is 48.7 Å². The SMILES string of the molecule is Nc1cc(Cl)cc(NC(=O)c2cc(-c3ccccn3)c(C3CC3)s2)c1. The van der Waals surface area contributed by atoms with Crippen molar-refractivity contribution in [2.24, 2.45) is 0 Å². The van der Waals surface area contributed by atoms with Gasteiger partial charge in [0.1, 0.15) is 0 Å². The lowest BCUT2D eigenvalue weighted by Crippen LogP contribution is -2.10. The van der Waals surface area contributed by atoms with Crippen molar-refractivity contribution in [2.75, 3.05) is 11.1 Å². The van der Waals surface area contributed by atoms with Gasteiger partial charge < -0.3 is 11.1 Å². The Balaban J connectivity index is 1.65. The highest BCUT2D eigenvalue weighted by molar-refractivity contribution is 7.14. The van der Waals surface area contributed by atoms with Gasteiger partial charge in [-0.05, 0) is 55.2 Å². The first-order valence-corrected chi connectivity index (χ1v) is 9.22. The second-order valence-corrected chi connectivity index (χ2v) is 7.63. The number of hydrogen-bond acceptors (Lipinski definition) is 4. The average molecular weight is 370 g/mol. The number of halogens is 1. The molecule has 3 N–H and O–H groups in total. The zero-order valence-corrected chi connectivity index (χ0v) is 14.9. The number of nitrogen functional groups attached to an aromatic ring is 1. The van der Waals surface area contributed by atoms with E-state index in [0.717, 1.165) is 11.3 Å². The van der Waals surface area contributed by atoms with Gasteiger partial charge in [0.25, 0.3) is 5.91 Å². The number of benzene rings is 1. The molecule has 4 nitrogen and oxygen atoms in total. The molecule has 1 saturated carbocycles. The fourth-order valence-corrected chi connectivity index (χ4v) is 4.24. The number of thiophene rings is 1. The summed E-state index contributed by atoms with van der Waals surface area (Å²) in [5.41, 5.74) is 8.86. The lowest BCUT2D eigenvalue weighted by molar-refractivity contribution is 0.103. The summed E-state index contributed by atoms with van der Waals surface area (Å²) in [6.07, 6.45) is 4.12. The van der Waals surface area contributed by atoms with Crippen molar-refractivity contribution in [3.05, 3.63) is 63.4 Å². The van der Waals surface area contributed by atoms with Gasteiger partial charge >= 0.3 is 0 Å². The Morgan fingerprint density at radius 1 is 1.24 bits per heavy atom. The van der Waals surface area contributed by atoms with Crippen LogP contribution in [-0.2, 0) is 0 Å². The van der Waals surface area contributed by atoms with Crippen LogP contribution in [0.2, 0.25) is 5.02 Å². The van der Waals surface area contributed by atoms with Gasteiger partial charge in [-0.25, -0.2) is 0 Å². The number of nitrogens with one attached hydrogen (secondary N) is 1. The van der Waals surface area contributed by atoms with Crippen molar-refractivity contribution in [1.29, 1.82) is 0 Å². The molecule has 126 valence electrons. The Labute approximate surface area is 154 Å². The molecule has 6 heteroatoms. The predicted octanol–water partition coefficient (Wildman–Crippen LogP) is 5.18. The molecule has 4 rings (SSSR count). The van der Waals surface area contributed by atoms with Crippen LogP contribution in [0, 0.1) is 0 Å². The van der Waals surface area contributed by atoms with E-state index in [1.807, 2.05) is 24.3 Å². The number of pyridine rings is 1. The number of nitrogens with zero attached hydrogens (tertiary/aromatic N) is 1. The molecule has 1 aliphatic rings. The van der Waals surface area contributed by atoms with Crippen LogP contribution < -0.4 is 11.1 Å². The van der Waals surface area contributed by atoms with Gasteiger partial charge in [-0.3, -0.25) is 9.78 Å². The Bertz CT molecular complexity index is 915. The maximum absolute atomic E-state index is 12.7. The lowest BCUT2D eigenvalue weighted by atomic mass is 10.1. The Kier molecular flexibility index (Phi) is 4.19. The van der Waals surface area contributed by atoms with E-state index in [2.05, 4.69) is 10.3 Å². The summed E-state index contributed by atoms with van der Waals surface area (Å²) in [6.45, 7) is 0. The van der Waals surface area contributed by atoms with Crippen LogP contribution >= 0.6 is 22.9 Å². The number of carbonyl (C=O) groups is 1. The predicted molar refractivity (Wildman–Crippen MR) is 103 cm³/mol. The van der Waals surface area contributed by atoms with E-state index in [-0.39, 0.29) is 5.91 Å². The Morgan fingerprint density at radius 3 is 2.76 bits per heavy atom. The molecule has 3 aromatic rings. The summed E-state index contributed by atoms with van der Waals surface area (Å²) < 4.78 is 0. The van der Waals surface area contributed by atoms with Gasteiger partial charge in [-0.2, -0.15) is 0 Å². The maximum Gasteiger partial charge on any atom is 0.265 e. The largest absolute Gasteiger partial charge is 0.399 e. The van der Waals surface area contributed by atoms with Crippen molar-refractivity contribution in [3.8, 4) is 11.3 Å². The molecule has 2 heterocycles. The molecule has 25 heavy (non-hydrogen) atoms. The molecule has 0 unspecified atom stereocenters. The number of rotatable bonds is 4. The maximum atomic E-state index is 12.7. The van der Waals surface area contributed by atoms with E-state index in [0.29, 0.717) is 27.2 Å². The minimum absolute atomic E-state index is 0.157. The fraction of sp³-hybridized carbons (Fsp3) is 0.158. The van der Waals surface area contributed by atoms with E-state index in [9.17, 15) is 4.79 Å². The topological polar surface area (TPSA) is 68.0 Å². The van der Waals surface area contributed by atoms with Crippen molar-refractivity contribution < 1.29 is 4.79 Å². The summed E-state index contributed by atoms with van der Waals surface area (Å²) in [4.78, 5) is 19.0. The van der Waals surface area contributed by atoms with Gasteiger partial charge in [-0.15, -0.1) is 11.3 Å². The highest BCUT2D eigenvalue weighted by Crippen LogP contribution is 2.48. The minimum Gasteiger partial charge on any atom is -0.399 e. The third kappa shape index (κ3) is 3.52. The zero-order chi connectivity index (χ0) is 17.4. The van der Waals surface area contributed by atoms with Gasteiger partial charge in [0.05, 0.1) is 10.6 Å². The normalized spacial score (nSPS) is 13.6. The standard InChI is InChI=1S/C19H16ClN3OS/c20-12-7-13(21)9-14(8-12)23-19(24)17-10-15(16-3-1-2-6-22-16)18(25-17)11-4-5-11/h1-3,6-11H,4-5,21H2,(H,23,24). The van der Waals surface area contributed by atoms with Crippen molar-refractivity contribution in [2.45, 2.75) is 18.8 Å². The van der Waals surface area contributed by atoms with Crippen molar-refractivity contribution >= 4 is 40.2 Å². The zero-order valence-electron chi connectivity index (χ0n) is 13.3. The smallest absolute Gasteiger partial charge is 0.265 e. The van der Waals surface area contributed by atoms with E-state index in [1.54, 1.807) is 35.7 Å². The van der Waals surface area contributed by atoms with Crippen molar-refractivity contribution in [1.82, 2.24) is 4.98 Å². The van der Waals surface area contributed by atoms with E-state index in [1.165, 1.54) is 17.7 Å². The molecule has 0 radical (unpaired) electrons. The van der Waals surface area contributed by atoms with E-state index < -0.39 is 0 Å². The lowest BCUT2D eigenvalue weighted by Gasteiger charge is -2.05. The molecule has 2 aromatic heterocycles. The molecule has 0 saturated heterocycles. The highest BCUT2D eigenvalue weighted by Gasteiger charge is 2.30. The fourth-order valence-electron chi connectivity index (χ4n) is 2.77. The molecule has 1 aliphatic carbocycles. The first kappa shape index (κ1) is 16.1. The molecule has 1 fully saturated rings. The molecule has 0 spiro atoms. The van der Waals surface area contributed by atoms with Crippen molar-refractivity contribution in [3.63, 3.8) is 0 Å². The van der Waals surface area contributed by atoms with Crippen LogP contribution in [-0.4, -0.2) is 10.9 Å². The summed E-state index contributed by atoms with van der Waals surface area (Å²) in [5, 5.41) is 3.37. The highest BCUT2D eigenvalue weighted by atomic mass is 35.5.